The number of hydrogen-bond donors (Lipinski definition) is 2. The molecular formula is C27H27F4N5O2S. The van der Waals surface area contributed by atoms with Crippen LogP contribution in [0.25, 0.3) is 21.3 Å². The Morgan fingerprint density at radius 2 is 1.87 bits per heavy atom. The van der Waals surface area contributed by atoms with Crippen LogP contribution in [0.5, 0.6) is 5.75 Å². The number of ether oxygens (including phenoxy) is 1. The molecule has 1 aromatic carbocycles. The number of thiophene rings is 1. The summed E-state index contributed by atoms with van der Waals surface area (Å²) in [6.07, 6.45) is -1.96. The molecule has 0 bridgehead atoms. The van der Waals surface area contributed by atoms with Crippen molar-refractivity contribution in [2.45, 2.75) is 50.2 Å². The molecule has 2 N–H and O–H groups in total. The third-order valence-electron chi connectivity index (χ3n) is 6.97. The molecule has 12 heteroatoms. The number of aliphatic hydroxyl groups is 1. The molecule has 3 aromatic heterocycles. The van der Waals surface area contributed by atoms with Crippen LogP contribution < -0.4 is 15.0 Å². The predicted octanol–water partition coefficient (Wildman–Crippen LogP) is 5.12. The molecule has 1 aliphatic carbocycles. The first kappa shape index (κ1) is 27.2. The van der Waals surface area contributed by atoms with Gasteiger partial charge in [0.25, 0.3) is 5.95 Å². The number of halogens is 4. The summed E-state index contributed by atoms with van der Waals surface area (Å²) in [5.74, 6) is -0.0618. The van der Waals surface area contributed by atoms with E-state index in [1.165, 1.54) is 25.7 Å². The highest BCUT2D eigenvalue weighted by Gasteiger charge is 2.37. The molecule has 0 spiro atoms. The number of rotatable bonds is 8. The lowest BCUT2D eigenvalue weighted by Crippen LogP contribution is -2.38. The predicted molar refractivity (Wildman–Crippen MR) is 141 cm³/mol. The van der Waals surface area contributed by atoms with E-state index >= 15 is 0 Å². The number of hydrogen-bond acceptors (Lipinski definition) is 8. The van der Waals surface area contributed by atoms with Crippen LogP contribution in [-0.2, 0) is 13.0 Å². The molecule has 0 amide bonds. The van der Waals surface area contributed by atoms with Gasteiger partial charge in [0.05, 0.1) is 31.1 Å². The van der Waals surface area contributed by atoms with Gasteiger partial charge in [0.15, 0.2) is 5.75 Å². The van der Waals surface area contributed by atoms with Crippen LogP contribution in [0, 0.1) is 5.95 Å². The summed E-state index contributed by atoms with van der Waals surface area (Å²) in [5, 5.41) is 14.9. The van der Waals surface area contributed by atoms with Crippen molar-refractivity contribution in [3.63, 3.8) is 0 Å². The maximum atomic E-state index is 13.6. The minimum atomic E-state index is -4.30. The quantitative estimate of drug-likeness (QED) is 0.228. The Kier molecular flexibility index (Phi) is 7.70. The fourth-order valence-electron chi connectivity index (χ4n) is 5.00. The number of fused-ring (bicyclic) bond motifs is 1. The zero-order valence-corrected chi connectivity index (χ0v) is 22.1. The van der Waals surface area contributed by atoms with E-state index in [9.17, 15) is 22.7 Å². The van der Waals surface area contributed by atoms with Gasteiger partial charge in [0.1, 0.15) is 17.0 Å². The number of likely N-dealkylation sites (N-methyl/N-ethyl adjacent to an activating group) is 1. The molecule has 0 saturated heterocycles. The minimum absolute atomic E-state index is 0.0401. The number of alkyl halides is 3. The number of anilines is 1. The normalized spacial score (nSPS) is 19.5. The van der Waals surface area contributed by atoms with E-state index in [-0.39, 0.29) is 22.7 Å². The van der Waals surface area contributed by atoms with Crippen molar-refractivity contribution in [3.8, 4) is 16.9 Å². The Balaban J connectivity index is 1.22. The molecule has 1 fully saturated rings. The Labute approximate surface area is 226 Å². The molecule has 0 unspecified atom stereocenters. The van der Waals surface area contributed by atoms with Crippen LogP contribution in [0.4, 0.5) is 23.4 Å². The van der Waals surface area contributed by atoms with Gasteiger partial charge in [-0.05, 0) is 36.1 Å². The van der Waals surface area contributed by atoms with E-state index in [1.54, 1.807) is 13.1 Å². The molecule has 5 rings (SSSR count). The first-order valence-electron chi connectivity index (χ1n) is 12.3. The van der Waals surface area contributed by atoms with Gasteiger partial charge in [-0.25, -0.2) is 15.0 Å². The Morgan fingerprint density at radius 3 is 2.59 bits per heavy atom. The highest BCUT2D eigenvalue weighted by Crippen LogP contribution is 2.36. The largest absolute Gasteiger partial charge is 0.492 e. The second-order valence-electron chi connectivity index (χ2n) is 9.63. The number of nitrogens with one attached hydrogen (secondary N) is 1. The third kappa shape index (κ3) is 6.13. The fraction of sp³-hybridized carbons (Fsp3) is 0.370. The van der Waals surface area contributed by atoms with Gasteiger partial charge in [-0.3, -0.25) is 0 Å². The van der Waals surface area contributed by atoms with Crippen LogP contribution in [0.15, 0.2) is 48.9 Å². The van der Waals surface area contributed by atoms with Gasteiger partial charge in [-0.2, -0.15) is 17.6 Å². The van der Waals surface area contributed by atoms with Gasteiger partial charge in [-0.1, -0.05) is 24.3 Å². The van der Waals surface area contributed by atoms with Gasteiger partial charge in [0, 0.05) is 36.3 Å². The molecule has 4 aromatic rings. The topological polar surface area (TPSA) is 83.4 Å². The number of benzene rings is 1. The lowest BCUT2D eigenvalue weighted by molar-refractivity contribution is -0.126. The monoisotopic (exact) mass is 561 g/mol. The minimum Gasteiger partial charge on any atom is -0.492 e. The van der Waals surface area contributed by atoms with E-state index < -0.39 is 24.6 Å². The summed E-state index contributed by atoms with van der Waals surface area (Å²) >= 11 is 1.01. The van der Waals surface area contributed by atoms with Gasteiger partial charge in [0.2, 0.25) is 0 Å². The molecule has 1 aliphatic rings. The summed E-state index contributed by atoms with van der Waals surface area (Å²) in [6, 6.07) is 10.7. The van der Waals surface area contributed by atoms with Crippen molar-refractivity contribution >= 4 is 27.4 Å². The molecule has 7 nitrogen and oxygen atoms in total. The fourth-order valence-corrected chi connectivity index (χ4v) is 6.02. The number of aromatic nitrogens is 3. The first-order valence-corrected chi connectivity index (χ1v) is 13.2. The Hall–Kier alpha value is -3.35. The number of nitrogens with zero attached hydrogens (tertiary/aromatic N) is 4. The van der Waals surface area contributed by atoms with Crippen molar-refractivity contribution in [2.24, 2.45) is 0 Å². The summed E-state index contributed by atoms with van der Waals surface area (Å²) in [7, 11) is 3.20. The average Bonchev–Trinajstić information content (AvgIpc) is 3.48. The van der Waals surface area contributed by atoms with Gasteiger partial charge < -0.3 is 20.1 Å². The van der Waals surface area contributed by atoms with Crippen LogP contribution >= 0.6 is 11.3 Å². The lowest BCUT2D eigenvalue weighted by Gasteiger charge is -2.28. The maximum Gasteiger partial charge on any atom is 0.393 e. The summed E-state index contributed by atoms with van der Waals surface area (Å²) in [5.41, 5.74) is 2.66. The van der Waals surface area contributed by atoms with Crippen molar-refractivity contribution < 1.29 is 27.4 Å². The molecule has 3 atom stereocenters. The second kappa shape index (κ2) is 11.0. The average molecular weight is 562 g/mol. The SMILES string of the molecule is COc1cc(-c2ccc(CN[C@H]3C[C@@H](O)[C@@H](N(C)c4ncnc5sc(CC(F)(F)F)cc45)C3)cc2)cnc1F. The molecule has 0 radical (unpaired) electrons. The van der Waals surface area contributed by atoms with Crippen molar-refractivity contribution in [3.05, 3.63) is 65.3 Å². The molecule has 1 saturated carbocycles. The van der Waals surface area contributed by atoms with Crippen LogP contribution in [0.3, 0.4) is 0 Å². The lowest BCUT2D eigenvalue weighted by atomic mass is 10.1. The number of methoxy groups -OCH3 is 1. The highest BCUT2D eigenvalue weighted by molar-refractivity contribution is 7.18. The summed E-state index contributed by atoms with van der Waals surface area (Å²) in [6.45, 7) is 0.585. The van der Waals surface area contributed by atoms with Crippen molar-refractivity contribution in [2.75, 3.05) is 19.1 Å². The molecule has 39 heavy (non-hydrogen) atoms. The van der Waals surface area contributed by atoms with Gasteiger partial charge >= 0.3 is 6.18 Å². The van der Waals surface area contributed by atoms with Crippen molar-refractivity contribution in [1.29, 1.82) is 0 Å². The molecule has 3 heterocycles. The van der Waals surface area contributed by atoms with E-state index in [0.29, 0.717) is 35.4 Å². The smallest absolute Gasteiger partial charge is 0.393 e. The second-order valence-corrected chi connectivity index (χ2v) is 10.7. The number of pyridine rings is 1. The van der Waals surface area contributed by atoms with E-state index in [2.05, 4.69) is 20.3 Å². The van der Waals surface area contributed by atoms with Crippen LogP contribution in [-0.4, -0.2) is 58.6 Å². The summed E-state index contributed by atoms with van der Waals surface area (Å²) < 4.78 is 57.3. The zero-order valence-electron chi connectivity index (χ0n) is 21.2. The van der Waals surface area contributed by atoms with E-state index in [0.717, 1.165) is 28.0 Å². The van der Waals surface area contributed by atoms with E-state index in [1.807, 2.05) is 29.2 Å². The van der Waals surface area contributed by atoms with Crippen LogP contribution in [0.2, 0.25) is 0 Å². The zero-order chi connectivity index (χ0) is 27.7. The molecular weight excluding hydrogens is 534 g/mol. The maximum absolute atomic E-state index is 13.6. The highest BCUT2D eigenvalue weighted by atomic mass is 32.1. The third-order valence-corrected chi connectivity index (χ3v) is 8.01. The number of aliphatic hydroxyl groups excluding tert-OH is 1. The molecule has 0 aliphatic heterocycles. The Morgan fingerprint density at radius 1 is 1.10 bits per heavy atom. The molecule has 206 valence electrons. The van der Waals surface area contributed by atoms with E-state index in [4.69, 9.17) is 4.74 Å². The van der Waals surface area contributed by atoms with Crippen molar-refractivity contribution in [1.82, 2.24) is 20.3 Å². The van der Waals surface area contributed by atoms with Crippen LogP contribution in [0.1, 0.15) is 23.3 Å². The Bertz CT molecular complexity index is 1450. The summed E-state index contributed by atoms with van der Waals surface area (Å²) in [4.78, 5) is 14.7. The standard InChI is InChI=1S/C27H27F4N5O2S/c1-36(25-20-10-19(11-27(29,30)31)39-26(20)35-14-34-25)21-8-18(9-22(21)37)32-12-15-3-5-16(6-4-15)17-7-23(38-2)24(28)33-13-17/h3-7,10,13-14,18,21-22,32,37H,8-9,11-12H2,1-2H3/t18-,21+,22-/m1/s1. The van der Waals surface area contributed by atoms with Gasteiger partial charge in [-0.15, -0.1) is 11.3 Å². The first-order chi connectivity index (χ1) is 18.6.